The normalized spacial score (nSPS) is 21.8. The van der Waals surface area contributed by atoms with Crippen LogP contribution in [0.1, 0.15) is 25.0 Å². The smallest absolute Gasteiger partial charge is 0.230 e. The molecule has 1 aromatic carbocycles. The van der Waals surface area contributed by atoms with Gasteiger partial charge in [0.2, 0.25) is 5.91 Å². The van der Waals surface area contributed by atoms with Crippen LogP contribution in [0.25, 0.3) is 16.5 Å². The van der Waals surface area contributed by atoms with Crippen LogP contribution in [-0.4, -0.2) is 53.4 Å². The number of carbonyl (C=O) groups is 1. The molecule has 2 atom stereocenters. The van der Waals surface area contributed by atoms with Crippen molar-refractivity contribution in [1.29, 1.82) is 0 Å². The number of carbonyl (C=O) groups excluding carboxylic acids is 1. The Morgan fingerprint density at radius 3 is 2.77 bits per heavy atom. The van der Waals surface area contributed by atoms with Crippen molar-refractivity contribution >= 4 is 50.7 Å². The first-order valence-corrected chi connectivity index (χ1v) is 9.84. The fourth-order valence-electron chi connectivity index (χ4n) is 4.42. The van der Waals surface area contributed by atoms with Crippen LogP contribution in [0.2, 0.25) is 0 Å². The van der Waals surface area contributed by atoms with Gasteiger partial charge in [-0.3, -0.25) is 9.69 Å². The molecule has 0 spiro atoms. The number of aromatic nitrogens is 1. The Balaban J connectivity index is 0.00000196. The number of aromatic amines is 1. The summed E-state index contributed by atoms with van der Waals surface area (Å²) in [5.41, 5.74) is 5.10. The predicted octanol–water partition coefficient (Wildman–Crippen LogP) is 4.09. The maximum Gasteiger partial charge on any atom is 0.230 e. The van der Waals surface area contributed by atoms with Crippen molar-refractivity contribution in [2.75, 3.05) is 26.7 Å². The van der Waals surface area contributed by atoms with Crippen LogP contribution >= 0.6 is 28.3 Å². The van der Waals surface area contributed by atoms with E-state index in [0.717, 1.165) is 30.7 Å². The molecule has 140 valence electrons. The lowest BCUT2D eigenvalue weighted by molar-refractivity contribution is -0.134. The minimum atomic E-state index is -0.0599. The van der Waals surface area contributed by atoms with Gasteiger partial charge in [0.15, 0.2) is 0 Å². The van der Waals surface area contributed by atoms with Gasteiger partial charge in [0.25, 0.3) is 0 Å². The first-order chi connectivity index (χ1) is 12.0. The zero-order valence-corrected chi connectivity index (χ0v) is 17.8. The highest BCUT2D eigenvalue weighted by atomic mass is 79.9. The van der Waals surface area contributed by atoms with Crippen LogP contribution in [0.5, 0.6) is 0 Å². The van der Waals surface area contributed by atoms with Crippen molar-refractivity contribution in [1.82, 2.24) is 14.8 Å². The number of H-pyrrole nitrogens is 1. The molecular formula is C20H25BrClN3O. The summed E-state index contributed by atoms with van der Waals surface area (Å²) in [7, 11) is 2.14. The number of fused-ring (bicyclic) bond motifs is 2. The third-order valence-corrected chi connectivity index (χ3v) is 6.41. The molecule has 2 aromatic rings. The Morgan fingerprint density at radius 1 is 1.35 bits per heavy atom. The molecular weight excluding hydrogens is 414 g/mol. The number of hydrogen-bond acceptors (Lipinski definition) is 2. The minimum absolute atomic E-state index is 0. The standard InChI is InChI=1S/C20H24BrN3O.ClH/c1-4-24(5-2)20(25)12-9-14-13-7-6-8-16-18(13)15(19(21)22-16)10-17(14)23(3)11-12;/h6-9,12,17,22H,4-5,10-11H2,1-3H3;1H/t12-,17-;/m1./s1. The molecule has 2 aliphatic rings. The lowest BCUT2D eigenvalue weighted by atomic mass is 9.79. The van der Waals surface area contributed by atoms with Gasteiger partial charge in [-0.15, -0.1) is 12.4 Å². The first-order valence-electron chi connectivity index (χ1n) is 9.05. The topological polar surface area (TPSA) is 39.3 Å². The van der Waals surface area contributed by atoms with E-state index in [4.69, 9.17) is 0 Å². The molecule has 2 heterocycles. The molecule has 26 heavy (non-hydrogen) atoms. The van der Waals surface area contributed by atoms with Crippen molar-refractivity contribution in [3.63, 3.8) is 0 Å². The minimum Gasteiger partial charge on any atom is -0.349 e. The maximum absolute atomic E-state index is 12.9. The summed E-state index contributed by atoms with van der Waals surface area (Å²) in [5.74, 6) is 0.186. The van der Waals surface area contributed by atoms with Crippen molar-refractivity contribution in [2.45, 2.75) is 26.3 Å². The molecule has 1 aromatic heterocycles. The van der Waals surface area contributed by atoms with Crippen molar-refractivity contribution in [2.24, 2.45) is 5.92 Å². The lowest BCUT2D eigenvalue weighted by Crippen LogP contribution is -2.47. The zero-order valence-electron chi connectivity index (χ0n) is 15.4. The molecule has 1 amide bonds. The highest BCUT2D eigenvalue weighted by molar-refractivity contribution is 9.10. The Kier molecular flexibility index (Phi) is 5.52. The van der Waals surface area contributed by atoms with E-state index >= 15 is 0 Å². The van der Waals surface area contributed by atoms with Gasteiger partial charge in [-0.1, -0.05) is 18.2 Å². The molecule has 4 nitrogen and oxygen atoms in total. The van der Waals surface area contributed by atoms with E-state index in [2.05, 4.69) is 71.0 Å². The van der Waals surface area contributed by atoms with Crippen molar-refractivity contribution in [3.05, 3.63) is 40.0 Å². The Labute approximate surface area is 169 Å². The van der Waals surface area contributed by atoms with Crippen LogP contribution in [-0.2, 0) is 11.2 Å². The molecule has 0 unspecified atom stereocenters. The molecule has 0 fully saturated rings. The molecule has 0 saturated carbocycles. The second-order valence-electron chi connectivity index (χ2n) is 7.04. The Bertz CT molecular complexity index is 871. The number of nitrogens with zero attached hydrogens (tertiary/aromatic N) is 2. The van der Waals surface area contributed by atoms with Gasteiger partial charge in [-0.25, -0.2) is 0 Å². The summed E-state index contributed by atoms with van der Waals surface area (Å²) in [4.78, 5) is 20.7. The van der Waals surface area contributed by atoms with Crippen molar-refractivity contribution in [3.8, 4) is 0 Å². The van der Waals surface area contributed by atoms with E-state index in [0.29, 0.717) is 6.04 Å². The van der Waals surface area contributed by atoms with Crippen LogP contribution in [0.3, 0.4) is 0 Å². The van der Waals surface area contributed by atoms with Gasteiger partial charge in [-0.2, -0.15) is 0 Å². The van der Waals surface area contributed by atoms with E-state index in [9.17, 15) is 4.79 Å². The summed E-state index contributed by atoms with van der Waals surface area (Å²) < 4.78 is 1.09. The highest BCUT2D eigenvalue weighted by Gasteiger charge is 2.37. The monoisotopic (exact) mass is 437 g/mol. The predicted molar refractivity (Wildman–Crippen MR) is 113 cm³/mol. The molecule has 0 radical (unpaired) electrons. The summed E-state index contributed by atoms with van der Waals surface area (Å²) >= 11 is 3.69. The fraction of sp³-hybridized carbons (Fsp3) is 0.450. The SMILES string of the molecule is CCN(CC)C(=O)[C@@H]1C=C2c3cccc4[nH]c(Br)c(c34)C[C@H]2N(C)C1.Cl. The Hall–Kier alpha value is -1.30. The lowest BCUT2D eigenvalue weighted by Gasteiger charge is -2.40. The number of benzene rings is 1. The highest BCUT2D eigenvalue weighted by Crippen LogP contribution is 2.43. The quantitative estimate of drug-likeness (QED) is 0.784. The van der Waals surface area contributed by atoms with Gasteiger partial charge >= 0.3 is 0 Å². The molecule has 6 heteroatoms. The Morgan fingerprint density at radius 2 is 2.08 bits per heavy atom. The number of nitrogens with one attached hydrogen (secondary N) is 1. The largest absolute Gasteiger partial charge is 0.349 e. The maximum atomic E-state index is 12.9. The van der Waals surface area contributed by atoms with Gasteiger partial charge in [0.05, 0.1) is 10.5 Å². The average molecular weight is 439 g/mol. The molecule has 0 bridgehead atoms. The molecule has 4 rings (SSSR count). The molecule has 1 aliphatic carbocycles. The fourth-order valence-corrected chi connectivity index (χ4v) is 4.99. The van der Waals surface area contributed by atoms with Gasteiger partial charge < -0.3 is 9.88 Å². The number of halogens is 2. The summed E-state index contributed by atoms with van der Waals surface area (Å²) in [5, 5.41) is 1.31. The van der Waals surface area contributed by atoms with E-state index in [1.54, 1.807) is 0 Å². The van der Waals surface area contributed by atoms with Crippen LogP contribution in [0.15, 0.2) is 28.9 Å². The zero-order chi connectivity index (χ0) is 17.7. The van der Waals surface area contributed by atoms with E-state index < -0.39 is 0 Å². The summed E-state index contributed by atoms with van der Waals surface area (Å²) in [6.07, 6.45) is 3.22. The first kappa shape index (κ1) is 19.5. The third kappa shape index (κ3) is 2.90. The van der Waals surface area contributed by atoms with E-state index in [1.165, 1.54) is 27.6 Å². The van der Waals surface area contributed by atoms with Gasteiger partial charge in [-0.05, 0) is 66.0 Å². The summed E-state index contributed by atoms with van der Waals surface area (Å²) in [6, 6.07) is 6.76. The van der Waals surface area contributed by atoms with Crippen LogP contribution in [0, 0.1) is 5.92 Å². The molecule has 0 saturated heterocycles. The third-order valence-electron chi connectivity index (χ3n) is 5.73. The average Bonchev–Trinajstić information content (AvgIpc) is 2.93. The number of rotatable bonds is 3. The van der Waals surface area contributed by atoms with E-state index in [-0.39, 0.29) is 24.2 Å². The van der Waals surface area contributed by atoms with Crippen LogP contribution < -0.4 is 0 Å². The van der Waals surface area contributed by atoms with E-state index in [1.807, 2.05) is 4.90 Å². The van der Waals surface area contributed by atoms with Gasteiger partial charge in [0, 0.05) is 36.6 Å². The number of amides is 1. The number of hydrogen-bond donors (Lipinski definition) is 1. The number of likely N-dealkylation sites (N-methyl/N-ethyl adjacent to an activating group) is 1. The van der Waals surface area contributed by atoms with Crippen LogP contribution in [0.4, 0.5) is 0 Å². The second kappa shape index (κ2) is 7.37. The molecule has 1 aliphatic heterocycles. The van der Waals surface area contributed by atoms with Crippen molar-refractivity contribution < 1.29 is 4.79 Å². The van der Waals surface area contributed by atoms with Gasteiger partial charge in [0.1, 0.15) is 0 Å². The summed E-state index contributed by atoms with van der Waals surface area (Å²) in [6.45, 7) is 6.43. The second-order valence-corrected chi connectivity index (χ2v) is 7.84. The molecule has 1 N–H and O–H groups in total.